The van der Waals surface area contributed by atoms with Crippen molar-refractivity contribution in [3.8, 4) is 34.4 Å². The summed E-state index contributed by atoms with van der Waals surface area (Å²) in [7, 11) is -2.56. The van der Waals surface area contributed by atoms with Crippen molar-refractivity contribution in [3.63, 3.8) is 0 Å². The van der Waals surface area contributed by atoms with Crippen LogP contribution in [-0.4, -0.2) is 38.7 Å². The number of sulfonamides is 1. The van der Waals surface area contributed by atoms with E-state index in [1.165, 1.54) is 6.07 Å². The third-order valence-corrected chi connectivity index (χ3v) is 9.96. The van der Waals surface area contributed by atoms with E-state index in [-0.39, 0.29) is 35.3 Å². The van der Waals surface area contributed by atoms with E-state index >= 15 is 0 Å². The van der Waals surface area contributed by atoms with Gasteiger partial charge in [0.1, 0.15) is 27.7 Å². The minimum atomic E-state index is -4.14. The molecule has 0 saturated heterocycles. The van der Waals surface area contributed by atoms with Gasteiger partial charge in [0, 0.05) is 34.8 Å². The molecule has 1 aromatic heterocycles. The second-order valence-corrected chi connectivity index (χ2v) is 13.3. The van der Waals surface area contributed by atoms with Gasteiger partial charge in [0.05, 0.1) is 42.1 Å². The van der Waals surface area contributed by atoms with Crippen LogP contribution in [-0.2, 0) is 10.0 Å². The van der Waals surface area contributed by atoms with Crippen LogP contribution in [0.5, 0.6) is 17.2 Å². The fourth-order valence-electron chi connectivity index (χ4n) is 6.39. The highest BCUT2D eigenvalue weighted by Crippen LogP contribution is 2.50. The lowest BCUT2D eigenvalue weighted by atomic mass is 9.80. The lowest BCUT2D eigenvalue weighted by Gasteiger charge is -2.29. The Bertz CT molecular complexity index is 2570. The van der Waals surface area contributed by atoms with Gasteiger partial charge in [0.2, 0.25) is 0 Å². The minimum absolute atomic E-state index is 0.0201. The predicted octanol–water partition coefficient (Wildman–Crippen LogP) is 7.88. The third kappa shape index (κ3) is 5.55. The van der Waals surface area contributed by atoms with Crippen LogP contribution in [0.3, 0.4) is 0 Å². The first-order valence-electron chi connectivity index (χ1n) is 16.0. The van der Waals surface area contributed by atoms with Crippen molar-refractivity contribution in [3.05, 3.63) is 126 Å². The van der Waals surface area contributed by atoms with Crippen molar-refractivity contribution in [2.45, 2.75) is 11.3 Å². The normalized spacial score (nSPS) is 13.6. The summed E-state index contributed by atoms with van der Waals surface area (Å²) in [6.45, 7) is 0.202. The molecular weight excluding hydrogens is 665 g/mol. The number of carbonyl (C=O) groups excluding carboxylic acids is 1. The maximum atomic E-state index is 14.6. The van der Waals surface area contributed by atoms with Crippen LogP contribution in [0.25, 0.3) is 22.0 Å². The maximum Gasteiger partial charge on any atom is 0.286 e. The molecule has 1 aliphatic heterocycles. The van der Waals surface area contributed by atoms with Gasteiger partial charge >= 0.3 is 0 Å². The van der Waals surface area contributed by atoms with Crippen LogP contribution in [0.15, 0.2) is 118 Å². The number of fused-ring (bicyclic) bond motifs is 3. The fourth-order valence-corrected chi connectivity index (χ4v) is 7.52. The summed E-state index contributed by atoms with van der Waals surface area (Å²) in [5, 5.41) is 19.8. The van der Waals surface area contributed by atoms with E-state index in [1.54, 1.807) is 67.8 Å². The lowest BCUT2D eigenvalue weighted by molar-refractivity contribution is 0.104. The van der Waals surface area contributed by atoms with Crippen molar-refractivity contribution in [2.24, 2.45) is 4.40 Å². The Morgan fingerprint density at radius 3 is 2.31 bits per heavy atom. The summed E-state index contributed by atoms with van der Waals surface area (Å²) in [6, 6.07) is 34.1. The quantitative estimate of drug-likeness (QED) is 0.127. The molecule has 0 bridgehead atoms. The van der Waals surface area contributed by atoms with Crippen molar-refractivity contribution in [1.82, 2.24) is 4.98 Å². The number of ketones is 1. The molecule has 1 aliphatic carbocycles. The number of ether oxygens (including phenoxy) is 2. The van der Waals surface area contributed by atoms with Gasteiger partial charge in [-0.2, -0.15) is 13.7 Å². The van der Waals surface area contributed by atoms with Crippen molar-refractivity contribution in [1.29, 1.82) is 5.26 Å². The highest BCUT2D eigenvalue weighted by Gasteiger charge is 2.36. The van der Waals surface area contributed by atoms with Crippen molar-refractivity contribution in [2.75, 3.05) is 29.6 Å². The largest absolute Gasteiger partial charge is 0.497 e. The Hall–Kier alpha value is -6.71. The Kier molecular flexibility index (Phi) is 7.81. The third-order valence-electron chi connectivity index (χ3n) is 8.63. The topological polar surface area (TPSA) is 155 Å². The number of anilines is 4. The van der Waals surface area contributed by atoms with Crippen LogP contribution in [0.2, 0.25) is 0 Å². The fraction of sp³-hybridized carbons (Fsp3) is 0.0769. The number of methoxy groups -OCH3 is 1. The van der Waals surface area contributed by atoms with Crippen molar-refractivity contribution < 1.29 is 22.7 Å². The maximum absolute atomic E-state index is 14.6. The van der Waals surface area contributed by atoms with Crippen LogP contribution in [0, 0.1) is 11.3 Å². The molecule has 0 atom stereocenters. The lowest BCUT2D eigenvalue weighted by Crippen LogP contribution is -2.26. The van der Waals surface area contributed by atoms with Crippen molar-refractivity contribution >= 4 is 55.4 Å². The second kappa shape index (κ2) is 12.6. The number of carbonyl (C=O) groups is 1. The molecule has 0 fully saturated rings. The van der Waals surface area contributed by atoms with Gasteiger partial charge in [-0.3, -0.25) is 4.79 Å². The van der Waals surface area contributed by atoms with Gasteiger partial charge in [-0.15, -0.1) is 4.40 Å². The smallest absolute Gasteiger partial charge is 0.286 e. The van der Waals surface area contributed by atoms with Crippen LogP contribution < -0.4 is 25.4 Å². The molecule has 0 unspecified atom stereocenters. The average molecular weight is 693 g/mol. The number of pyridine rings is 1. The van der Waals surface area contributed by atoms with E-state index in [9.17, 15) is 18.5 Å². The number of benzene rings is 5. The molecule has 12 heteroatoms. The number of hydrogen-bond acceptors (Lipinski definition) is 10. The number of nitrogens with one attached hydrogen (secondary N) is 3. The zero-order chi connectivity index (χ0) is 35.1. The number of amidine groups is 1. The van der Waals surface area contributed by atoms with Gasteiger partial charge in [-0.1, -0.05) is 54.6 Å². The molecule has 8 rings (SSSR count). The van der Waals surface area contributed by atoms with Crippen LogP contribution >= 0.6 is 0 Å². The molecule has 0 spiro atoms. The SMILES string of the molecule is COc1ccc(Oc2cc(Nc3ccccc3)c3c4c(c(C5=NS(=O)(=O)c6ccccc6N5)c(NCCC#N)nc24)-c2ccccc2C3=O)cc1. The van der Waals surface area contributed by atoms with E-state index < -0.39 is 10.0 Å². The second-order valence-electron chi connectivity index (χ2n) is 11.7. The first-order valence-corrected chi connectivity index (χ1v) is 17.5. The minimum Gasteiger partial charge on any atom is -0.497 e. The molecule has 5 aromatic carbocycles. The molecule has 0 amide bonds. The standard InChI is InChI=1S/C39H28N6O5S/c1-49-24-16-18-25(19-17-24)50-30-22-29(42-23-10-3-2-4-11-23)33-34-32(26-12-5-6-13-27(26)37(33)46)35(38(44-36(30)34)41-21-9-20-40)39-43-28-14-7-8-15-31(28)51(47,48)45-39/h2-8,10-19,22,42H,9,21H2,1H3,(H,41,44)(H,43,45). The molecule has 3 N–H and O–H groups in total. The Morgan fingerprint density at radius 1 is 0.843 bits per heavy atom. The number of nitriles is 1. The summed E-state index contributed by atoms with van der Waals surface area (Å²) in [5.74, 6) is 1.51. The monoisotopic (exact) mass is 692 g/mol. The molecule has 2 aliphatic rings. The summed E-state index contributed by atoms with van der Waals surface area (Å²) in [5.41, 5.74) is 4.07. The summed E-state index contributed by atoms with van der Waals surface area (Å²) >= 11 is 0. The van der Waals surface area contributed by atoms with Gasteiger partial charge in [0.25, 0.3) is 10.0 Å². The van der Waals surface area contributed by atoms with Gasteiger partial charge in [-0.05, 0) is 54.1 Å². The summed E-state index contributed by atoms with van der Waals surface area (Å²) in [6.07, 6.45) is 0.144. The molecular formula is C39H28N6O5S. The first-order chi connectivity index (χ1) is 24.9. The van der Waals surface area contributed by atoms with E-state index in [2.05, 4.69) is 26.4 Å². The number of hydrogen-bond donors (Lipinski definition) is 3. The van der Waals surface area contributed by atoms with E-state index in [4.69, 9.17) is 14.5 Å². The number of para-hydroxylation sites is 2. The molecule has 6 aromatic rings. The molecule has 0 radical (unpaired) electrons. The van der Waals surface area contributed by atoms with E-state index in [0.717, 1.165) is 5.69 Å². The van der Waals surface area contributed by atoms with Crippen LogP contribution in [0.4, 0.5) is 22.9 Å². The van der Waals surface area contributed by atoms with Gasteiger partial charge in [0.15, 0.2) is 17.4 Å². The molecule has 11 nitrogen and oxygen atoms in total. The van der Waals surface area contributed by atoms with E-state index in [0.29, 0.717) is 67.3 Å². The Morgan fingerprint density at radius 2 is 1.55 bits per heavy atom. The molecule has 2 heterocycles. The Balaban J connectivity index is 1.48. The first kappa shape index (κ1) is 31.6. The highest BCUT2D eigenvalue weighted by molar-refractivity contribution is 7.90. The summed E-state index contributed by atoms with van der Waals surface area (Å²) < 4.78 is 43.4. The van der Waals surface area contributed by atoms with Gasteiger partial charge in [-0.25, -0.2) is 4.98 Å². The van der Waals surface area contributed by atoms with E-state index in [1.807, 2.05) is 42.5 Å². The predicted molar refractivity (Wildman–Crippen MR) is 196 cm³/mol. The average Bonchev–Trinajstić information content (AvgIpc) is 3.14. The molecule has 51 heavy (non-hydrogen) atoms. The molecule has 250 valence electrons. The zero-order valence-corrected chi connectivity index (χ0v) is 27.9. The van der Waals surface area contributed by atoms with Gasteiger partial charge < -0.3 is 25.4 Å². The number of aromatic nitrogens is 1. The summed E-state index contributed by atoms with van der Waals surface area (Å²) in [4.78, 5) is 19.7. The number of rotatable bonds is 9. The highest BCUT2D eigenvalue weighted by atomic mass is 32.2. The van der Waals surface area contributed by atoms with Crippen LogP contribution in [0.1, 0.15) is 27.9 Å². The molecule has 0 saturated carbocycles. The Labute approximate surface area is 293 Å². The zero-order valence-electron chi connectivity index (χ0n) is 27.1. The number of nitrogens with zero attached hydrogens (tertiary/aromatic N) is 3.